The van der Waals surface area contributed by atoms with Crippen LogP contribution >= 0.6 is 0 Å². The summed E-state index contributed by atoms with van der Waals surface area (Å²) in [5.41, 5.74) is 5.47. The number of methoxy groups -OCH3 is 1. The maximum Gasteiger partial charge on any atom is 0.500 e. The predicted octanol–water partition coefficient (Wildman–Crippen LogP) is 1.49. The van der Waals surface area contributed by atoms with E-state index in [-0.39, 0.29) is 0 Å². The molecular formula is C17H38N2O7Si. The number of hydrogen-bond donors (Lipinski definition) is 1. The summed E-state index contributed by atoms with van der Waals surface area (Å²) >= 11 is 0. The van der Waals surface area contributed by atoms with Crippen LogP contribution in [0.15, 0.2) is 0 Å². The molecule has 0 aromatic heterocycles. The van der Waals surface area contributed by atoms with E-state index in [9.17, 15) is 4.79 Å². The molecule has 0 spiro atoms. The van der Waals surface area contributed by atoms with Crippen molar-refractivity contribution in [2.45, 2.75) is 33.2 Å². The van der Waals surface area contributed by atoms with Crippen molar-refractivity contribution in [3.8, 4) is 0 Å². The number of carbonyl (C=O) groups is 1. The van der Waals surface area contributed by atoms with E-state index < -0.39 is 14.8 Å². The first-order valence-electron chi connectivity index (χ1n) is 9.65. The van der Waals surface area contributed by atoms with Crippen LogP contribution in [0.4, 0.5) is 4.79 Å². The first-order valence-corrected chi connectivity index (χ1v) is 11.6. The van der Waals surface area contributed by atoms with Crippen LogP contribution in [0, 0.1) is 0 Å². The molecule has 0 bridgehead atoms. The van der Waals surface area contributed by atoms with Gasteiger partial charge in [0.25, 0.3) is 0 Å². The number of urea groups is 1. The van der Waals surface area contributed by atoms with Gasteiger partial charge in [0, 0.05) is 46.1 Å². The van der Waals surface area contributed by atoms with Crippen molar-refractivity contribution in [3.63, 3.8) is 0 Å². The van der Waals surface area contributed by atoms with Gasteiger partial charge in [0.15, 0.2) is 0 Å². The molecule has 0 aliphatic carbocycles. The molecule has 0 aromatic carbocycles. The van der Waals surface area contributed by atoms with Crippen molar-refractivity contribution in [2.24, 2.45) is 5.73 Å². The minimum atomic E-state index is -2.69. The Kier molecular flexibility index (Phi) is 16.9. The molecule has 27 heavy (non-hydrogen) atoms. The largest absolute Gasteiger partial charge is 0.500 e. The highest BCUT2D eigenvalue weighted by Gasteiger charge is 2.39. The van der Waals surface area contributed by atoms with Crippen LogP contribution in [-0.4, -0.2) is 92.8 Å². The molecule has 0 aromatic rings. The zero-order valence-corrected chi connectivity index (χ0v) is 18.4. The fourth-order valence-corrected chi connectivity index (χ4v) is 5.05. The fourth-order valence-electron chi connectivity index (χ4n) is 2.46. The molecule has 0 heterocycles. The summed E-state index contributed by atoms with van der Waals surface area (Å²) in [5, 5.41) is 0. The lowest BCUT2D eigenvalue weighted by molar-refractivity contribution is 0.0214. The third-order valence-corrected chi connectivity index (χ3v) is 6.78. The van der Waals surface area contributed by atoms with Crippen molar-refractivity contribution in [3.05, 3.63) is 0 Å². The van der Waals surface area contributed by atoms with Crippen molar-refractivity contribution in [1.29, 1.82) is 0 Å². The average Bonchev–Trinajstić information content (AvgIpc) is 2.63. The van der Waals surface area contributed by atoms with Crippen molar-refractivity contribution < 1.29 is 32.3 Å². The molecule has 162 valence electrons. The minimum Gasteiger partial charge on any atom is -0.382 e. The number of hydrogen-bond acceptors (Lipinski definition) is 7. The summed E-state index contributed by atoms with van der Waals surface area (Å²) < 4.78 is 33.1. The monoisotopic (exact) mass is 410 g/mol. The molecular weight excluding hydrogens is 372 g/mol. The Morgan fingerprint density at radius 3 is 1.85 bits per heavy atom. The highest BCUT2D eigenvalue weighted by atomic mass is 28.4. The second-order valence-electron chi connectivity index (χ2n) is 5.63. The highest BCUT2D eigenvalue weighted by molar-refractivity contribution is 6.60. The van der Waals surface area contributed by atoms with Gasteiger partial charge in [0.1, 0.15) is 0 Å². The summed E-state index contributed by atoms with van der Waals surface area (Å²) in [6, 6.07) is 0.173. The first kappa shape index (κ1) is 26.2. The molecule has 0 saturated carbocycles. The van der Waals surface area contributed by atoms with E-state index >= 15 is 0 Å². The number of nitrogens with two attached hydrogens (primary N) is 1. The molecule has 0 atom stereocenters. The molecule has 9 nitrogen and oxygen atoms in total. The normalized spacial score (nSPS) is 11.7. The van der Waals surface area contributed by atoms with Gasteiger partial charge in [-0.25, -0.2) is 4.79 Å². The van der Waals surface area contributed by atoms with Crippen LogP contribution in [0.2, 0.25) is 6.04 Å². The van der Waals surface area contributed by atoms with Crippen LogP contribution in [0.1, 0.15) is 27.2 Å². The Hall–Kier alpha value is -0.753. The van der Waals surface area contributed by atoms with E-state index in [2.05, 4.69) is 0 Å². The zero-order chi connectivity index (χ0) is 20.4. The van der Waals surface area contributed by atoms with Gasteiger partial charge in [-0.05, 0) is 27.2 Å². The molecule has 2 N–H and O–H groups in total. The number of primary amides is 1. The Morgan fingerprint density at radius 1 is 0.852 bits per heavy atom. The predicted molar refractivity (Wildman–Crippen MR) is 105 cm³/mol. The van der Waals surface area contributed by atoms with Gasteiger partial charge in [-0.3, -0.25) is 0 Å². The lowest BCUT2D eigenvalue weighted by Gasteiger charge is -2.29. The quantitative estimate of drug-likeness (QED) is 0.254. The zero-order valence-electron chi connectivity index (χ0n) is 17.4. The van der Waals surface area contributed by atoms with Gasteiger partial charge in [-0.15, -0.1) is 0 Å². The maximum absolute atomic E-state index is 11.6. The number of nitrogens with zero attached hydrogens (tertiary/aromatic N) is 1. The fraction of sp³-hybridized carbons (Fsp3) is 0.941. The van der Waals surface area contributed by atoms with Crippen molar-refractivity contribution in [1.82, 2.24) is 4.90 Å². The molecule has 2 amide bonds. The number of amides is 2. The van der Waals surface area contributed by atoms with Crippen LogP contribution in [0.25, 0.3) is 0 Å². The van der Waals surface area contributed by atoms with Gasteiger partial charge in [-0.2, -0.15) is 0 Å². The second-order valence-corrected chi connectivity index (χ2v) is 8.36. The lowest BCUT2D eigenvalue weighted by Crippen LogP contribution is -2.47. The maximum atomic E-state index is 11.6. The number of rotatable bonds is 19. The topological polar surface area (TPSA) is 102 Å². The molecule has 0 unspecified atom stereocenters. The molecule has 0 radical (unpaired) electrons. The van der Waals surface area contributed by atoms with E-state index in [1.807, 2.05) is 20.8 Å². The number of ether oxygens (including phenoxy) is 3. The Labute approximate surface area is 164 Å². The lowest BCUT2D eigenvalue weighted by atomic mass is 10.4. The van der Waals surface area contributed by atoms with E-state index in [0.29, 0.717) is 78.4 Å². The summed E-state index contributed by atoms with van der Waals surface area (Å²) in [5.74, 6) is 0. The summed E-state index contributed by atoms with van der Waals surface area (Å²) in [4.78, 5) is 13.2. The van der Waals surface area contributed by atoms with Gasteiger partial charge < -0.3 is 38.1 Å². The Bertz CT molecular complexity index is 347. The Balaban J connectivity index is 4.19. The molecule has 0 fully saturated rings. The van der Waals surface area contributed by atoms with Gasteiger partial charge in [-0.1, -0.05) is 0 Å². The van der Waals surface area contributed by atoms with Crippen LogP contribution in [0.5, 0.6) is 0 Å². The Morgan fingerprint density at radius 2 is 1.37 bits per heavy atom. The van der Waals surface area contributed by atoms with Crippen LogP contribution < -0.4 is 5.73 Å². The van der Waals surface area contributed by atoms with E-state index in [0.717, 1.165) is 0 Å². The van der Waals surface area contributed by atoms with E-state index in [4.69, 9.17) is 33.2 Å². The first-order chi connectivity index (χ1) is 13.0. The average molecular weight is 411 g/mol. The summed E-state index contributed by atoms with van der Waals surface area (Å²) in [6.07, 6.45) is 0.690. The highest BCUT2D eigenvalue weighted by Crippen LogP contribution is 2.18. The second kappa shape index (κ2) is 17.4. The third kappa shape index (κ3) is 13.1. The van der Waals surface area contributed by atoms with E-state index in [1.54, 1.807) is 12.0 Å². The molecule has 0 saturated heterocycles. The van der Waals surface area contributed by atoms with Gasteiger partial charge in [0.2, 0.25) is 0 Å². The van der Waals surface area contributed by atoms with Gasteiger partial charge in [0.05, 0.1) is 33.0 Å². The molecule has 0 aliphatic heterocycles. The van der Waals surface area contributed by atoms with Gasteiger partial charge >= 0.3 is 14.8 Å². The number of carbonyl (C=O) groups excluding carboxylic acids is 1. The third-order valence-electron chi connectivity index (χ3n) is 3.62. The van der Waals surface area contributed by atoms with Crippen LogP contribution in [0.3, 0.4) is 0 Å². The van der Waals surface area contributed by atoms with Crippen molar-refractivity contribution >= 4 is 14.8 Å². The molecule has 0 aliphatic rings. The molecule has 10 heteroatoms. The van der Waals surface area contributed by atoms with Crippen LogP contribution in [-0.2, 0) is 27.5 Å². The van der Waals surface area contributed by atoms with E-state index in [1.165, 1.54) is 0 Å². The summed E-state index contributed by atoms with van der Waals surface area (Å²) in [7, 11) is -1.07. The summed E-state index contributed by atoms with van der Waals surface area (Å²) in [6.45, 7) is 10.8. The minimum absolute atomic E-state index is 0.404. The van der Waals surface area contributed by atoms with Crippen molar-refractivity contribution in [2.75, 3.05) is 73.1 Å². The standard InChI is InChI=1S/C17H38N2O7Si/c1-5-24-27(25-6-2,26-7-3)16-8-9-19(17(18)20)10-11-22-14-15-23-13-12-21-4/h5-16H2,1-4H3,(H2,18,20). The smallest absolute Gasteiger partial charge is 0.382 e. The molecule has 0 rings (SSSR count). The SMILES string of the molecule is CCO[Si](CCCN(CCOCCOCCOC)C(N)=O)(OCC)OCC.